The molecule has 0 bridgehead atoms. The monoisotopic (exact) mass is 251 g/mol. The molecule has 0 aliphatic heterocycles. The van der Waals surface area contributed by atoms with Crippen LogP contribution in [0.1, 0.15) is 28.7 Å². The molecule has 2 rings (SSSR count). The number of halogens is 1. The van der Waals surface area contributed by atoms with Crippen molar-refractivity contribution >= 4 is 11.6 Å². The summed E-state index contributed by atoms with van der Waals surface area (Å²) in [5, 5.41) is 14.8. The second-order valence-electron chi connectivity index (χ2n) is 4.03. The largest absolute Gasteiger partial charge is 0.382 e. The fourth-order valence-corrected chi connectivity index (χ4v) is 2.13. The summed E-state index contributed by atoms with van der Waals surface area (Å²) in [6, 6.07) is 3.74. The van der Waals surface area contributed by atoms with Crippen molar-refractivity contribution < 1.29 is 5.11 Å². The molecule has 2 aromatic rings. The molecular weight excluding hydrogens is 238 g/mol. The Morgan fingerprint density at radius 2 is 2.06 bits per heavy atom. The summed E-state index contributed by atoms with van der Waals surface area (Å²) in [6.07, 6.45) is 0.722. The van der Waals surface area contributed by atoms with Gasteiger partial charge in [-0.3, -0.25) is 9.67 Å². The second kappa shape index (κ2) is 4.47. The highest BCUT2D eigenvalue weighted by Crippen LogP contribution is 2.28. The summed E-state index contributed by atoms with van der Waals surface area (Å²) < 4.78 is 1.58. The summed E-state index contributed by atoms with van der Waals surface area (Å²) in [7, 11) is 1.75. The molecule has 0 aliphatic rings. The molecule has 1 N–H and O–H groups in total. The van der Waals surface area contributed by atoms with Gasteiger partial charge in [0.2, 0.25) is 0 Å². The van der Waals surface area contributed by atoms with E-state index in [1.54, 1.807) is 11.7 Å². The lowest BCUT2D eigenvalue weighted by Crippen LogP contribution is -2.09. The van der Waals surface area contributed by atoms with Crippen LogP contribution in [-0.2, 0) is 7.05 Å². The van der Waals surface area contributed by atoms with Crippen molar-refractivity contribution in [2.24, 2.45) is 7.05 Å². The number of hydrogen-bond donors (Lipinski definition) is 1. The molecule has 4 nitrogen and oxygen atoms in total. The van der Waals surface area contributed by atoms with E-state index in [2.05, 4.69) is 10.1 Å². The van der Waals surface area contributed by atoms with E-state index in [9.17, 15) is 5.11 Å². The fourth-order valence-electron chi connectivity index (χ4n) is 1.86. The van der Waals surface area contributed by atoms with Crippen molar-refractivity contribution in [3.8, 4) is 0 Å². The lowest BCUT2D eigenvalue weighted by Gasteiger charge is -2.14. The third kappa shape index (κ3) is 2.18. The maximum Gasteiger partial charge on any atom is 0.124 e. The number of nitrogens with zero attached hydrogens (tertiary/aromatic N) is 3. The Kier molecular flexibility index (Phi) is 3.17. The fraction of sp³-hybridized carbons (Fsp3) is 0.333. The van der Waals surface area contributed by atoms with Crippen LogP contribution in [0.2, 0.25) is 5.02 Å². The maximum absolute atomic E-state index is 10.3. The van der Waals surface area contributed by atoms with E-state index in [-0.39, 0.29) is 0 Å². The van der Waals surface area contributed by atoms with Gasteiger partial charge >= 0.3 is 0 Å². The highest BCUT2D eigenvalue weighted by molar-refractivity contribution is 6.31. The van der Waals surface area contributed by atoms with Gasteiger partial charge in [-0.2, -0.15) is 5.10 Å². The van der Waals surface area contributed by atoms with Gasteiger partial charge < -0.3 is 5.11 Å². The van der Waals surface area contributed by atoms with Crippen molar-refractivity contribution in [1.29, 1.82) is 0 Å². The Labute approximate surface area is 105 Å². The minimum absolute atomic E-state index is 0.458. The normalized spacial score (nSPS) is 12.8. The van der Waals surface area contributed by atoms with E-state index in [0.29, 0.717) is 10.7 Å². The Morgan fingerprint density at radius 1 is 1.35 bits per heavy atom. The van der Waals surface area contributed by atoms with E-state index in [4.69, 9.17) is 11.6 Å². The predicted molar refractivity (Wildman–Crippen MR) is 66.0 cm³/mol. The zero-order valence-electron chi connectivity index (χ0n) is 9.98. The lowest BCUT2D eigenvalue weighted by molar-refractivity contribution is 0.208. The van der Waals surface area contributed by atoms with Crippen molar-refractivity contribution in [3.63, 3.8) is 0 Å². The van der Waals surface area contributed by atoms with Crippen LogP contribution in [0, 0.1) is 13.8 Å². The van der Waals surface area contributed by atoms with Crippen LogP contribution in [0.3, 0.4) is 0 Å². The summed E-state index contributed by atoms with van der Waals surface area (Å²) in [5.41, 5.74) is 3.06. The van der Waals surface area contributed by atoms with Crippen LogP contribution >= 0.6 is 11.6 Å². The van der Waals surface area contributed by atoms with Gasteiger partial charge in [-0.05, 0) is 19.9 Å². The predicted octanol–water partition coefficient (Wildman–Crippen LogP) is 2.17. The Bertz CT molecular complexity index is 531. The van der Waals surface area contributed by atoms with Gasteiger partial charge in [0.1, 0.15) is 6.10 Å². The Balaban J connectivity index is 2.47. The topological polar surface area (TPSA) is 50.9 Å². The van der Waals surface area contributed by atoms with Crippen molar-refractivity contribution in [1.82, 2.24) is 14.8 Å². The van der Waals surface area contributed by atoms with Crippen LogP contribution in [0.4, 0.5) is 0 Å². The summed E-state index contributed by atoms with van der Waals surface area (Å²) in [6.45, 7) is 3.79. The summed E-state index contributed by atoms with van der Waals surface area (Å²) in [5.74, 6) is 0. The first-order chi connectivity index (χ1) is 8.00. The number of aryl methyl sites for hydroxylation is 3. The molecule has 0 saturated carbocycles. The van der Waals surface area contributed by atoms with Crippen LogP contribution in [-0.4, -0.2) is 19.9 Å². The number of rotatable bonds is 2. The van der Waals surface area contributed by atoms with E-state index in [0.717, 1.165) is 17.0 Å². The lowest BCUT2D eigenvalue weighted by atomic mass is 10.0. The average Bonchev–Trinajstić information content (AvgIpc) is 2.58. The van der Waals surface area contributed by atoms with Gasteiger partial charge in [0, 0.05) is 24.0 Å². The molecule has 0 amide bonds. The maximum atomic E-state index is 10.3. The minimum Gasteiger partial charge on any atom is -0.382 e. The van der Waals surface area contributed by atoms with Crippen molar-refractivity contribution in [2.75, 3.05) is 0 Å². The molecule has 0 spiro atoms. The SMILES string of the molecule is Cc1ccc(C(O)c2c(Cl)cnn2C)c(C)n1. The number of aliphatic hydroxyl groups excluding tert-OH is 1. The van der Waals surface area contributed by atoms with E-state index < -0.39 is 6.10 Å². The zero-order valence-corrected chi connectivity index (χ0v) is 10.7. The van der Waals surface area contributed by atoms with Gasteiger partial charge in [0.25, 0.3) is 0 Å². The smallest absolute Gasteiger partial charge is 0.124 e. The molecule has 2 aromatic heterocycles. The van der Waals surface area contributed by atoms with E-state index >= 15 is 0 Å². The van der Waals surface area contributed by atoms with Crippen LogP contribution in [0.5, 0.6) is 0 Å². The van der Waals surface area contributed by atoms with Gasteiger partial charge in [-0.25, -0.2) is 0 Å². The number of hydrogen-bond acceptors (Lipinski definition) is 3. The third-order valence-corrected chi connectivity index (χ3v) is 3.05. The standard InChI is InChI=1S/C12H14ClN3O/c1-7-4-5-9(8(2)15-7)12(17)11-10(13)6-14-16(11)3/h4-6,12,17H,1-3H3. The van der Waals surface area contributed by atoms with Gasteiger partial charge in [-0.15, -0.1) is 0 Å². The molecule has 0 radical (unpaired) electrons. The first-order valence-electron chi connectivity index (χ1n) is 5.30. The third-order valence-electron chi connectivity index (χ3n) is 2.76. The molecule has 1 unspecified atom stereocenters. The second-order valence-corrected chi connectivity index (χ2v) is 4.44. The van der Waals surface area contributed by atoms with Gasteiger partial charge in [0.15, 0.2) is 0 Å². The van der Waals surface area contributed by atoms with Gasteiger partial charge in [-0.1, -0.05) is 17.7 Å². The molecule has 2 heterocycles. The molecule has 1 atom stereocenters. The van der Waals surface area contributed by atoms with Gasteiger partial charge in [0.05, 0.1) is 16.9 Å². The van der Waals surface area contributed by atoms with Crippen molar-refractivity contribution in [3.05, 3.63) is 46.0 Å². The minimum atomic E-state index is -0.803. The van der Waals surface area contributed by atoms with E-state index in [1.807, 2.05) is 26.0 Å². The van der Waals surface area contributed by atoms with E-state index in [1.165, 1.54) is 6.20 Å². The van der Waals surface area contributed by atoms with Crippen molar-refractivity contribution in [2.45, 2.75) is 20.0 Å². The van der Waals surface area contributed by atoms with Crippen LogP contribution < -0.4 is 0 Å². The molecular formula is C12H14ClN3O. The highest BCUT2D eigenvalue weighted by atomic mass is 35.5. The molecule has 17 heavy (non-hydrogen) atoms. The molecule has 5 heteroatoms. The van der Waals surface area contributed by atoms with Crippen LogP contribution in [0.25, 0.3) is 0 Å². The Morgan fingerprint density at radius 3 is 2.59 bits per heavy atom. The molecule has 90 valence electrons. The first-order valence-corrected chi connectivity index (χ1v) is 5.68. The quantitative estimate of drug-likeness (QED) is 0.890. The zero-order chi connectivity index (χ0) is 12.6. The molecule has 0 aliphatic carbocycles. The molecule has 0 fully saturated rings. The number of aliphatic hydroxyl groups is 1. The highest BCUT2D eigenvalue weighted by Gasteiger charge is 2.20. The molecule has 0 saturated heterocycles. The summed E-state index contributed by atoms with van der Waals surface area (Å²) >= 11 is 6.01. The average molecular weight is 252 g/mol. The number of pyridine rings is 1. The molecule has 0 aromatic carbocycles. The number of aromatic nitrogens is 3. The summed E-state index contributed by atoms with van der Waals surface area (Å²) in [4.78, 5) is 4.33. The van der Waals surface area contributed by atoms with Crippen LogP contribution in [0.15, 0.2) is 18.3 Å². The first kappa shape index (κ1) is 12.1. The Hall–Kier alpha value is -1.39.